The summed E-state index contributed by atoms with van der Waals surface area (Å²) in [5.41, 5.74) is 3.62. The summed E-state index contributed by atoms with van der Waals surface area (Å²) in [6, 6.07) is 6.07. The van der Waals surface area contributed by atoms with Gasteiger partial charge < -0.3 is 4.74 Å². The summed E-state index contributed by atoms with van der Waals surface area (Å²) in [7, 11) is 0. The van der Waals surface area contributed by atoms with E-state index in [1.54, 1.807) is 6.08 Å². The van der Waals surface area contributed by atoms with Crippen LogP contribution in [-0.2, 0) is 22.6 Å². The molecule has 78 valence electrons. The highest BCUT2D eigenvalue weighted by atomic mass is 16.5. The summed E-state index contributed by atoms with van der Waals surface area (Å²) >= 11 is 0. The van der Waals surface area contributed by atoms with Crippen LogP contribution in [0.25, 0.3) is 0 Å². The highest BCUT2D eigenvalue weighted by Crippen LogP contribution is 2.23. The molecule has 2 rings (SSSR count). The van der Waals surface area contributed by atoms with Crippen molar-refractivity contribution < 1.29 is 9.53 Å². The predicted molar refractivity (Wildman–Crippen MR) is 56.3 cm³/mol. The highest BCUT2D eigenvalue weighted by Gasteiger charge is 2.11. The number of benzene rings is 1. The highest BCUT2D eigenvalue weighted by molar-refractivity contribution is 5.38. The zero-order chi connectivity index (χ0) is 10.7. The van der Waals surface area contributed by atoms with Crippen LogP contribution in [0.3, 0.4) is 0 Å². The van der Waals surface area contributed by atoms with Crippen molar-refractivity contribution in [2.45, 2.75) is 26.0 Å². The molecule has 1 aliphatic rings. The van der Waals surface area contributed by atoms with E-state index in [2.05, 4.69) is 17.1 Å². The quantitative estimate of drug-likeness (QED) is 0.545. The maximum absolute atomic E-state index is 10.2. The third kappa shape index (κ3) is 2.14. The molecular formula is C12H13NO2. The largest absolute Gasteiger partial charge is 0.376 e. The first-order valence-corrected chi connectivity index (χ1v) is 5.07. The Bertz CT molecular complexity index is 408. The second-order valence-corrected chi connectivity index (χ2v) is 3.73. The Hall–Kier alpha value is -1.44. The summed E-state index contributed by atoms with van der Waals surface area (Å²) in [5.74, 6) is 0. The molecule has 0 amide bonds. The monoisotopic (exact) mass is 203 g/mol. The number of nitrogens with zero attached hydrogens (tertiary/aromatic N) is 1. The standard InChI is InChI=1S/C12H13NO2/c1-9(13-8-14)10-2-3-12-7-15-5-4-11(12)6-10/h2-3,6,9H,4-5,7H2,1H3. The average molecular weight is 203 g/mol. The number of hydrogen-bond acceptors (Lipinski definition) is 3. The minimum Gasteiger partial charge on any atom is -0.376 e. The minimum absolute atomic E-state index is 0.101. The number of isocyanates is 1. The molecule has 0 saturated heterocycles. The van der Waals surface area contributed by atoms with Crippen molar-refractivity contribution in [1.82, 2.24) is 0 Å². The van der Waals surface area contributed by atoms with Crippen LogP contribution < -0.4 is 0 Å². The number of aliphatic imine (C=N–C) groups is 1. The molecule has 1 aromatic rings. The van der Waals surface area contributed by atoms with Crippen LogP contribution >= 0.6 is 0 Å². The van der Waals surface area contributed by atoms with Crippen molar-refractivity contribution >= 4 is 6.08 Å². The molecule has 0 radical (unpaired) electrons. The lowest BCUT2D eigenvalue weighted by Crippen LogP contribution is -2.10. The van der Waals surface area contributed by atoms with Gasteiger partial charge in [-0.3, -0.25) is 0 Å². The SMILES string of the molecule is CC(N=C=O)c1ccc2c(c1)CCOC2. The van der Waals surface area contributed by atoms with Gasteiger partial charge in [-0.05, 0) is 30.0 Å². The van der Waals surface area contributed by atoms with E-state index >= 15 is 0 Å². The Kier molecular flexibility index (Phi) is 2.95. The summed E-state index contributed by atoms with van der Waals surface area (Å²) in [5, 5.41) is 0. The Morgan fingerprint density at radius 1 is 1.47 bits per heavy atom. The number of fused-ring (bicyclic) bond motifs is 1. The Balaban J connectivity index is 2.31. The van der Waals surface area contributed by atoms with Crippen LogP contribution in [0.4, 0.5) is 0 Å². The molecule has 15 heavy (non-hydrogen) atoms. The Morgan fingerprint density at radius 2 is 2.33 bits per heavy atom. The molecule has 1 unspecified atom stereocenters. The molecule has 0 fully saturated rings. The van der Waals surface area contributed by atoms with Gasteiger partial charge in [-0.15, -0.1) is 0 Å². The van der Waals surface area contributed by atoms with Gasteiger partial charge in [0.1, 0.15) is 0 Å². The fourth-order valence-electron chi connectivity index (χ4n) is 1.80. The molecule has 1 aromatic carbocycles. The van der Waals surface area contributed by atoms with Crippen molar-refractivity contribution in [3.8, 4) is 0 Å². The van der Waals surface area contributed by atoms with Crippen LogP contribution in [0, 0.1) is 0 Å². The van der Waals surface area contributed by atoms with E-state index in [9.17, 15) is 4.79 Å². The third-order valence-electron chi connectivity index (χ3n) is 2.73. The van der Waals surface area contributed by atoms with Crippen LogP contribution in [0.2, 0.25) is 0 Å². The molecule has 0 aromatic heterocycles. The van der Waals surface area contributed by atoms with Gasteiger partial charge in [-0.25, -0.2) is 4.79 Å². The number of rotatable bonds is 2. The fourth-order valence-corrected chi connectivity index (χ4v) is 1.80. The van der Waals surface area contributed by atoms with Crippen LogP contribution in [0.1, 0.15) is 29.7 Å². The van der Waals surface area contributed by atoms with Gasteiger partial charge in [-0.1, -0.05) is 18.2 Å². The Morgan fingerprint density at radius 3 is 3.13 bits per heavy atom. The van der Waals surface area contributed by atoms with Crippen LogP contribution in [0.15, 0.2) is 23.2 Å². The van der Waals surface area contributed by atoms with E-state index in [1.807, 2.05) is 13.0 Å². The smallest absolute Gasteiger partial charge is 0.235 e. The molecule has 0 saturated carbocycles. The molecule has 0 bridgehead atoms. The average Bonchev–Trinajstić information content (AvgIpc) is 2.29. The van der Waals surface area contributed by atoms with Gasteiger partial charge in [-0.2, -0.15) is 4.99 Å². The molecule has 0 spiro atoms. The van der Waals surface area contributed by atoms with E-state index in [1.165, 1.54) is 11.1 Å². The van der Waals surface area contributed by atoms with Crippen molar-refractivity contribution in [2.75, 3.05) is 6.61 Å². The molecule has 3 heteroatoms. The molecule has 0 aliphatic carbocycles. The lowest BCUT2D eigenvalue weighted by atomic mass is 9.98. The van der Waals surface area contributed by atoms with E-state index in [0.717, 1.165) is 18.6 Å². The number of ether oxygens (including phenoxy) is 1. The molecule has 1 heterocycles. The lowest BCUT2D eigenvalue weighted by Gasteiger charge is -2.17. The molecule has 0 N–H and O–H groups in total. The van der Waals surface area contributed by atoms with Gasteiger partial charge in [0, 0.05) is 0 Å². The van der Waals surface area contributed by atoms with E-state index in [-0.39, 0.29) is 6.04 Å². The summed E-state index contributed by atoms with van der Waals surface area (Å²) < 4.78 is 5.36. The topological polar surface area (TPSA) is 38.7 Å². The van der Waals surface area contributed by atoms with Gasteiger partial charge in [0.05, 0.1) is 19.3 Å². The zero-order valence-corrected chi connectivity index (χ0v) is 8.69. The zero-order valence-electron chi connectivity index (χ0n) is 8.69. The second-order valence-electron chi connectivity index (χ2n) is 3.73. The third-order valence-corrected chi connectivity index (χ3v) is 2.73. The van der Waals surface area contributed by atoms with Gasteiger partial charge in [0.25, 0.3) is 0 Å². The predicted octanol–water partition coefficient (Wildman–Crippen LogP) is 2.16. The first kappa shape index (κ1) is 10.1. The van der Waals surface area contributed by atoms with Crippen LogP contribution in [0.5, 0.6) is 0 Å². The number of carbonyl (C=O) groups excluding carboxylic acids is 1. The number of hydrogen-bond donors (Lipinski definition) is 0. The van der Waals surface area contributed by atoms with Crippen molar-refractivity contribution in [1.29, 1.82) is 0 Å². The van der Waals surface area contributed by atoms with Crippen molar-refractivity contribution in [3.05, 3.63) is 34.9 Å². The normalized spacial score (nSPS) is 16.3. The summed E-state index contributed by atoms with van der Waals surface area (Å²) in [4.78, 5) is 13.9. The lowest BCUT2D eigenvalue weighted by molar-refractivity contribution is 0.110. The van der Waals surface area contributed by atoms with Crippen LogP contribution in [-0.4, -0.2) is 12.7 Å². The minimum atomic E-state index is -0.101. The summed E-state index contributed by atoms with van der Waals surface area (Å²) in [6.07, 6.45) is 2.54. The first-order chi connectivity index (χ1) is 7.31. The second kappa shape index (κ2) is 4.39. The van der Waals surface area contributed by atoms with Gasteiger partial charge >= 0.3 is 0 Å². The van der Waals surface area contributed by atoms with Gasteiger partial charge in [0.15, 0.2) is 0 Å². The summed E-state index contributed by atoms with van der Waals surface area (Å²) in [6.45, 7) is 3.37. The van der Waals surface area contributed by atoms with E-state index in [0.29, 0.717) is 6.61 Å². The Labute approximate surface area is 88.8 Å². The molecular weight excluding hydrogens is 190 g/mol. The van der Waals surface area contributed by atoms with Crippen molar-refractivity contribution in [3.63, 3.8) is 0 Å². The molecule has 1 atom stereocenters. The van der Waals surface area contributed by atoms with Crippen molar-refractivity contribution in [2.24, 2.45) is 4.99 Å². The molecule has 3 nitrogen and oxygen atoms in total. The maximum atomic E-state index is 10.2. The van der Waals surface area contributed by atoms with Gasteiger partial charge in [0.2, 0.25) is 6.08 Å². The van der Waals surface area contributed by atoms with E-state index in [4.69, 9.17) is 4.74 Å². The molecule has 1 aliphatic heterocycles. The maximum Gasteiger partial charge on any atom is 0.235 e. The van der Waals surface area contributed by atoms with E-state index < -0.39 is 0 Å². The first-order valence-electron chi connectivity index (χ1n) is 5.07. The fraction of sp³-hybridized carbons (Fsp3) is 0.417.